The number of ether oxygens (including phenoxy) is 2. The average molecular weight is 290 g/mol. The molecular formula is C12H10N4O3S. The van der Waals surface area contributed by atoms with Crippen LogP contribution >= 0.6 is 12.2 Å². The quantitative estimate of drug-likeness (QED) is 0.630. The first-order chi connectivity index (χ1) is 9.65. The molecule has 8 heteroatoms. The minimum atomic E-state index is -0.467. The minimum Gasteiger partial charge on any atom is -0.454 e. The van der Waals surface area contributed by atoms with Crippen LogP contribution in [-0.4, -0.2) is 21.7 Å². The Labute approximate surface area is 118 Å². The number of hydrogen-bond donors (Lipinski definition) is 2. The van der Waals surface area contributed by atoms with Gasteiger partial charge < -0.3 is 15.3 Å². The number of hydrogen-bond acceptors (Lipinski definition) is 6. The van der Waals surface area contributed by atoms with Crippen LogP contribution in [-0.2, 0) is 0 Å². The largest absolute Gasteiger partial charge is 0.454 e. The van der Waals surface area contributed by atoms with Crippen LogP contribution in [0.4, 0.5) is 0 Å². The molecule has 0 radical (unpaired) electrons. The highest BCUT2D eigenvalue weighted by atomic mass is 32.1. The summed E-state index contributed by atoms with van der Waals surface area (Å²) >= 11 is 4.80. The summed E-state index contributed by atoms with van der Waals surface area (Å²) in [5, 5.41) is 6.33. The number of fused-ring (bicyclic) bond motifs is 1. The van der Waals surface area contributed by atoms with E-state index in [2.05, 4.69) is 10.2 Å². The van der Waals surface area contributed by atoms with Gasteiger partial charge in [-0.15, -0.1) is 0 Å². The van der Waals surface area contributed by atoms with E-state index < -0.39 is 5.56 Å². The molecule has 0 unspecified atom stereocenters. The smallest absolute Gasteiger partial charge is 0.298 e. The molecule has 1 aliphatic rings. The number of H-pyrrole nitrogens is 1. The van der Waals surface area contributed by atoms with Gasteiger partial charge in [-0.3, -0.25) is 9.89 Å². The summed E-state index contributed by atoms with van der Waals surface area (Å²) in [6.07, 6.45) is 3.27. The number of rotatable bonds is 2. The molecule has 0 atom stereocenters. The fourth-order valence-corrected chi connectivity index (χ4v) is 1.85. The van der Waals surface area contributed by atoms with E-state index in [4.69, 9.17) is 27.5 Å². The molecule has 0 spiro atoms. The van der Waals surface area contributed by atoms with Gasteiger partial charge in [-0.25, -0.2) is 0 Å². The lowest BCUT2D eigenvalue weighted by Crippen LogP contribution is -2.31. The maximum absolute atomic E-state index is 11.8. The van der Waals surface area contributed by atoms with Crippen molar-refractivity contribution in [2.75, 3.05) is 12.6 Å². The van der Waals surface area contributed by atoms with Gasteiger partial charge >= 0.3 is 0 Å². The van der Waals surface area contributed by atoms with Crippen LogP contribution in [0.3, 0.4) is 0 Å². The fourth-order valence-electron chi connectivity index (χ4n) is 1.73. The third kappa shape index (κ3) is 2.16. The summed E-state index contributed by atoms with van der Waals surface area (Å²) in [5.74, 6) is 6.86. The molecule has 0 fully saturated rings. The lowest BCUT2D eigenvalue weighted by molar-refractivity contribution is 0.174. The van der Waals surface area contributed by atoms with Crippen LogP contribution < -0.4 is 20.9 Å². The first-order valence-electron chi connectivity index (χ1n) is 5.70. The van der Waals surface area contributed by atoms with Gasteiger partial charge in [0.05, 0.1) is 0 Å². The molecule has 0 amide bonds. The second kappa shape index (κ2) is 4.82. The van der Waals surface area contributed by atoms with Crippen molar-refractivity contribution < 1.29 is 9.47 Å². The molecule has 1 aliphatic heterocycles. The maximum atomic E-state index is 11.8. The van der Waals surface area contributed by atoms with Crippen molar-refractivity contribution in [3.05, 3.63) is 44.6 Å². The predicted octanol–water partition coefficient (Wildman–Crippen LogP) is 0.914. The lowest BCUT2D eigenvalue weighted by atomic mass is 10.2. The minimum absolute atomic E-state index is 0.0650. The summed E-state index contributed by atoms with van der Waals surface area (Å²) in [7, 11) is 0. The van der Waals surface area contributed by atoms with Crippen LogP contribution in [0.15, 0.2) is 23.0 Å². The molecule has 3 rings (SSSR count). The normalized spacial score (nSPS) is 13.0. The van der Waals surface area contributed by atoms with Crippen molar-refractivity contribution in [3.8, 4) is 11.5 Å². The Morgan fingerprint density at radius 1 is 1.35 bits per heavy atom. The van der Waals surface area contributed by atoms with E-state index in [0.717, 1.165) is 10.2 Å². The van der Waals surface area contributed by atoms with Crippen molar-refractivity contribution in [1.29, 1.82) is 0 Å². The van der Waals surface area contributed by atoms with Crippen molar-refractivity contribution in [3.63, 3.8) is 0 Å². The topological polar surface area (TPSA) is 95.2 Å². The number of nitrogens with one attached hydrogen (secondary N) is 1. The van der Waals surface area contributed by atoms with Gasteiger partial charge in [0.2, 0.25) is 11.6 Å². The number of nitrogens with zero attached hydrogens (tertiary/aromatic N) is 2. The summed E-state index contributed by atoms with van der Waals surface area (Å²) in [5.41, 5.74) is 0.547. The van der Waals surface area contributed by atoms with Crippen molar-refractivity contribution in [2.24, 2.45) is 0 Å². The zero-order chi connectivity index (χ0) is 14.1. The third-order valence-corrected chi connectivity index (χ3v) is 3.05. The Hall–Kier alpha value is -2.61. The molecule has 0 saturated heterocycles. The Morgan fingerprint density at radius 3 is 3.00 bits per heavy atom. The molecule has 0 saturated carbocycles. The summed E-state index contributed by atoms with van der Waals surface area (Å²) in [6, 6.07) is 5.45. The number of aromatic amines is 1. The summed E-state index contributed by atoms with van der Waals surface area (Å²) < 4.78 is 11.4. The molecule has 3 N–H and O–H groups in total. The standard InChI is InChI=1S/C12H10N4O3S/c13-16-11(17)8(14-15-12(16)20)3-1-7-2-4-9-10(5-7)19-6-18-9/h1-5H,6,13H2,(H,15,20)/b3-1+. The SMILES string of the molecule is Nn1c(=S)[nH]nc(/C=C/c2ccc3c(c2)OCO3)c1=O. The molecule has 102 valence electrons. The van der Waals surface area contributed by atoms with Gasteiger partial charge in [-0.2, -0.15) is 9.77 Å². The molecule has 1 aromatic heterocycles. The molecule has 0 bridgehead atoms. The van der Waals surface area contributed by atoms with E-state index in [1.807, 2.05) is 12.1 Å². The maximum Gasteiger partial charge on any atom is 0.298 e. The van der Waals surface area contributed by atoms with E-state index >= 15 is 0 Å². The molecule has 2 aromatic rings. The molecule has 0 aliphatic carbocycles. The molecule has 7 nitrogen and oxygen atoms in total. The number of benzene rings is 1. The zero-order valence-corrected chi connectivity index (χ0v) is 11.0. The molecule has 20 heavy (non-hydrogen) atoms. The number of nitrogens with two attached hydrogens (primary N) is 1. The van der Waals surface area contributed by atoms with Gasteiger partial charge in [0.1, 0.15) is 0 Å². The first kappa shape index (κ1) is 12.4. The second-order valence-electron chi connectivity index (χ2n) is 4.04. The average Bonchev–Trinajstić information content (AvgIpc) is 2.91. The van der Waals surface area contributed by atoms with Crippen LogP contribution in [0.2, 0.25) is 0 Å². The number of nitrogen functional groups attached to an aromatic ring is 1. The number of aromatic nitrogens is 3. The highest BCUT2D eigenvalue weighted by Crippen LogP contribution is 2.32. The fraction of sp³-hybridized carbons (Fsp3) is 0.0833. The van der Waals surface area contributed by atoms with Gasteiger partial charge in [0.25, 0.3) is 5.56 Å². The van der Waals surface area contributed by atoms with Crippen LogP contribution in [0, 0.1) is 4.77 Å². The van der Waals surface area contributed by atoms with Gasteiger partial charge in [-0.1, -0.05) is 12.1 Å². The summed E-state index contributed by atoms with van der Waals surface area (Å²) in [4.78, 5) is 11.8. The van der Waals surface area contributed by atoms with Crippen molar-refractivity contribution >= 4 is 24.4 Å². The predicted molar refractivity (Wildman–Crippen MR) is 75.3 cm³/mol. The lowest BCUT2D eigenvalue weighted by Gasteiger charge is -1.99. The molecular weight excluding hydrogens is 280 g/mol. The van der Waals surface area contributed by atoms with E-state index in [1.54, 1.807) is 18.2 Å². The van der Waals surface area contributed by atoms with Crippen molar-refractivity contribution in [2.45, 2.75) is 0 Å². The Morgan fingerprint density at radius 2 is 2.15 bits per heavy atom. The summed E-state index contributed by atoms with van der Waals surface area (Å²) in [6.45, 7) is 0.219. The highest BCUT2D eigenvalue weighted by Gasteiger charge is 2.12. The molecule has 2 heterocycles. The van der Waals surface area contributed by atoms with Gasteiger partial charge in [-0.05, 0) is 36.0 Å². The first-order valence-corrected chi connectivity index (χ1v) is 6.10. The van der Waals surface area contributed by atoms with Crippen LogP contribution in [0.25, 0.3) is 12.2 Å². The van der Waals surface area contributed by atoms with Crippen molar-refractivity contribution in [1.82, 2.24) is 14.9 Å². The van der Waals surface area contributed by atoms with Gasteiger partial charge in [0, 0.05) is 0 Å². The zero-order valence-electron chi connectivity index (χ0n) is 10.2. The van der Waals surface area contributed by atoms with E-state index in [-0.39, 0.29) is 17.3 Å². The second-order valence-corrected chi connectivity index (χ2v) is 4.42. The monoisotopic (exact) mass is 290 g/mol. The van der Waals surface area contributed by atoms with E-state index in [1.165, 1.54) is 0 Å². The van der Waals surface area contributed by atoms with Gasteiger partial charge in [0.15, 0.2) is 17.2 Å². The Balaban J connectivity index is 1.93. The Bertz CT molecular complexity index is 809. The third-order valence-electron chi connectivity index (χ3n) is 2.76. The highest BCUT2D eigenvalue weighted by molar-refractivity contribution is 7.71. The van der Waals surface area contributed by atoms with Crippen LogP contribution in [0.5, 0.6) is 11.5 Å². The molecule has 1 aromatic carbocycles. The van der Waals surface area contributed by atoms with Crippen LogP contribution in [0.1, 0.15) is 11.3 Å². The van der Waals surface area contributed by atoms with E-state index in [9.17, 15) is 4.79 Å². The van der Waals surface area contributed by atoms with E-state index in [0.29, 0.717) is 11.5 Å². The Kier molecular flexibility index (Phi) is 2.99.